The fourth-order valence-electron chi connectivity index (χ4n) is 2.89. The lowest BCUT2D eigenvalue weighted by Crippen LogP contribution is -2.54. The highest BCUT2D eigenvalue weighted by molar-refractivity contribution is 4.93. The molecule has 3 nitrogen and oxygen atoms in total. The van der Waals surface area contributed by atoms with E-state index < -0.39 is 18.1 Å². The predicted molar refractivity (Wildman–Crippen MR) is 66.8 cm³/mol. The quantitative estimate of drug-likeness (QED) is 0.845. The smallest absolute Gasteiger partial charge is 0.265 e. The Morgan fingerprint density at radius 3 is 2.67 bits per heavy atom. The van der Waals surface area contributed by atoms with Crippen LogP contribution < -0.4 is 5.73 Å². The summed E-state index contributed by atoms with van der Waals surface area (Å²) >= 11 is 0. The van der Waals surface area contributed by atoms with Crippen molar-refractivity contribution < 1.29 is 13.5 Å². The topological polar surface area (TPSA) is 38.5 Å². The van der Waals surface area contributed by atoms with Gasteiger partial charge < -0.3 is 10.5 Å². The first-order valence-electron chi connectivity index (χ1n) is 6.93. The molecular formula is C13H24F2N2O. The van der Waals surface area contributed by atoms with Crippen molar-refractivity contribution >= 4 is 0 Å². The molecular weight excluding hydrogens is 238 g/mol. The number of hydrogen-bond acceptors (Lipinski definition) is 3. The van der Waals surface area contributed by atoms with Crippen LogP contribution in [-0.2, 0) is 4.74 Å². The SMILES string of the molecule is CC(C)N1CC[C@H](O[C@H]2CCCC(F)(F)[C@@H]2N)C1. The molecule has 0 aromatic heterocycles. The third kappa shape index (κ3) is 3.00. The van der Waals surface area contributed by atoms with Crippen molar-refractivity contribution in [3.8, 4) is 0 Å². The number of alkyl halides is 2. The van der Waals surface area contributed by atoms with Crippen molar-refractivity contribution in [3.63, 3.8) is 0 Å². The van der Waals surface area contributed by atoms with Gasteiger partial charge in [-0.3, -0.25) is 4.90 Å². The molecule has 2 aliphatic rings. The monoisotopic (exact) mass is 262 g/mol. The highest BCUT2D eigenvalue weighted by Gasteiger charge is 2.46. The Hall–Kier alpha value is -0.260. The van der Waals surface area contributed by atoms with Crippen molar-refractivity contribution in [2.75, 3.05) is 13.1 Å². The summed E-state index contributed by atoms with van der Waals surface area (Å²) in [5.41, 5.74) is 5.64. The first-order valence-corrected chi connectivity index (χ1v) is 6.93. The molecule has 1 aliphatic carbocycles. The molecule has 0 bridgehead atoms. The lowest BCUT2D eigenvalue weighted by molar-refractivity contribution is -0.130. The van der Waals surface area contributed by atoms with Crippen molar-refractivity contribution in [2.24, 2.45) is 5.73 Å². The van der Waals surface area contributed by atoms with Crippen LogP contribution in [0, 0.1) is 0 Å². The Morgan fingerprint density at radius 2 is 2.06 bits per heavy atom. The summed E-state index contributed by atoms with van der Waals surface area (Å²) in [6, 6.07) is -0.653. The molecule has 0 aromatic rings. The molecule has 2 N–H and O–H groups in total. The van der Waals surface area contributed by atoms with Gasteiger partial charge >= 0.3 is 0 Å². The van der Waals surface area contributed by atoms with Gasteiger partial charge in [-0.1, -0.05) is 0 Å². The maximum atomic E-state index is 13.5. The molecule has 0 aromatic carbocycles. The minimum absolute atomic E-state index is 0.0670. The first-order chi connectivity index (χ1) is 8.40. The summed E-state index contributed by atoms with van der Waals surface area (Å²) in [5, 5.41) is 0. The Labute approximate surface area is 108 Å². The van der Waals surface area contributed by atoms with E-state index in [1.54, 1.807) is 0 Å². The number of likely N-dealkylation sites (tertiary alicyclic amines) is 1. The van der Waals surface area contributed by atoms with Gasteiger partial charge in [0.25, 0.3) is 5.92 Å². The summed E-state index contributed by atoms with van der Waals surface area (Å²) in [5.74, 6) is -2.76. The van der Waals surface area contributed by atoms with E-state index in [1.165, 1.54) is 0 Å². The summed E-state index contributed by atoms with van der Waals surface area (Å²) < 4.78 is 32.9. The number of rotatable bonds is 3. The molecule has 1 heterocycles. The number of ether oxygens (including phenoxy) is 1. The van der Waals surface area contributed by atoms with E-state index in [-0.39, 0.29) is 12.5 Å². The zero-order valence-electron chi connectivity index (χ0n) is 11.2. The largest absolute Gasteiger partial charge is 0.372 e. The van der Waals surface area contributed by atoms with Gasteiger partial charge in [0.05, 0.1) is 18.2 Å². The van der Waals surface area contributed by atoms with Crippen LogP contribution in [0.15, 0.2) is 0 Å². The Morgan fingerprint density at radius 1 is 1.33 bits per heavy atom. The van der Waals surface area contributed by atoms with Crippen LogP contribution in [-0.4, -0.2) is 48.2 Å². The van der Waals surface area contributed by atoms with Crippen LogP contribution in [0.25, 0.3) is 0 Å². The van der Waals surface area contributed by atoms with Crippen LogP contribution >= 0.6 is 0 Å². The van der Waals surface area contributed by atoms with E-state index >= 15 is 0 Å². The summed E-state index contributed by atoms with van der Waals surface area (Å²) in [7, 11) is 0. The van der Waals surface area contributed by atoms with Gasteiger partial charge in [0, 0.05) is 25.6 Å². The van der Waals surface area contributed by atoms with Crippen molar-refractivity contribution in [2.45, 2.75) is 69.7 Å². The summed E-state index contributed by atoms with van der Waals surface area (Å²) in [6.45, 7) is 6.11. The zero-order chi connectivity index (χ0) is 13.3. The molecule has 0 unspecified atom stereocenters. The lowest BCUT2D eigenvalue weighted by atomic mass is 9.89. The highest BCUT2D eigenvalue weighted by atomic mass is 19.3. The number of nitrogens with zero attached hydrogens (tertiary/aromatic N) is 1. The Kier molecular flexibility index (Phi) is 4.24. The maximum absolute atomic E-state index is 13.5. The third-order valence-corrected chi connectivity index (χ3v) is 4.16. The van der Waals surface area contributed by atoms with Gasteiger partial charge in [0.15, 0.2) is 0 Å². The molecule has 1 aliphatic heterocycles. The van der Waals surface area contributed by atoms with E-state index in [4.69, 9.17) is 10.5 Å². The fraction of sp³-hybridized carbons (Fsp3) is 1.00. The fourth-order valence-corrected chi connectivity index (χ4v) is 2.89. The second kappa shape index (κ2) is 5.39. The zero-order valence-corrected chi connectivity index (χ0v) is 11.2. The third-order valence-electron chi connectivity index (χ3n) is 4.16. The van der Waals surface area contributed by atoms with Crippen molar-refractivity contribution in [1.82, 2.24) is 4.90 Å². The molecule has 106 valence electrons. The van der Waals surface area contributed by atoms with Crippen LogP contribution in [0.3, 0.4) is 0 Å². The summed E-state index contributed by atoms with van der Waals surface area (Å²) in [6.07, 6.45) is 1.58. The van der Waals surface area contributed by atoms with Crippen molar-refractivity contribution in [3.05, 3.63) is 0 Å². The molecule has 0 spiro atoms. The minimum Gasteiger partial charge on any atom is -0.372 e. The van der Waals surface area contributed by atoms with Gasteiger partial charge in [-0.05, 0) is 33.1 Å². The molecule has 1 saturated carbocycles. The summed E-state index contributed by atoms with van der Waals surface area (Å²) in [4.78, 5) is 2.32. The molecule has 3 atom stereocenters. The molecule has 0 radical (unpaired) electrons. The van der Waals surface area contributed by atoms with E-state index in [9.17, 15) is 8.78 Å². The van der Waals surface area contributed by atoms with E-state index in [1.807, 2.05) is 0 Å². The highest BCUT2D eigenvalue weighted by Crippen LogP contribution is 2.35. The average molecular weight is 262 g/mol. The van der Waals surface area contributed by atoms with Gasteiger partial charge in [-0.15, -0.1) is 0 Å². The molecule has 18 heavy (non-hydrogen) atoms. The van der Waals surface area contributed by atoms with Crippen LogP contribution in [0.1, 0.15) is 39.5 Å². The van der Waals surface area contributed by atoms with Gasteiger partial charge in [0.2, 0.25) is 0 Å². The number of halogens is 2. The van der Waals surface area contributed by atoms with E-state index in [2.05, 4.69) is 18.7 Å². The van der Waals surface area contributed by atoms with Gasteiger partial charge in [-0.2, -0.15) is 0 Å². The Bertz CT molecular complexity index is 286. The van der Waals surface area contributed by atoms with Crippen LogP contribution in [0.4, 0.5) is 8.78 Å². The Balaban J connectivity index is 1.86. The van der Waals surface area contributed by atoms with Crippen molar-refractivity contribution in [1.29, 1.82) is 0 Å². The van der Waals surface area contributed by atoms with Gasteiger partial charge in [0.1, 0.15) is 0 Å². The second-order valence-corrected chi connectivity index (χ2v) is 5.85. The average Bonchev–Trinajstić information content (AvgIpc) is 2.73. The van der Waals surface area contributed by atoms with Gasteiger partial charge in [-0.25, -0.2) is 8.78 Å². The standard InChI is InChI=1S/C13H24F2N2O/c1-9(2)17-7-5-10(8-17)18-11-4-3-6-13(14,15)12(11)16/h9-12H,3-8,16H2,1-2H3/t10-,11-,12+/m0/s1. The normalized spacial score (nSPS) is 37.3. The molecule has 1 saturated heterocycles. The van der Waals surface area contributed by atoms with Crippen LogP contribution in [0.2, 0.25) is 0 Å². The van der Waals surface area contributed by atoms with Crippen LogP contribution in [0.5, 0.6) is 0 Å². The number of hydrogen-bond donors (Lipinski definition) is 1. The molecule has 2 fully saturated rings. The predicted octanol–water partition coefficient (Wildman–Crippen LogP) is 2.00. The second-order valence-electron chi connectivity index (χ2n) is 5.85. The maximum Gasteiger partial charge on any atom is 0.265 e. The van der Waals surface area contributed by atoms with E-state index in [0.29, 0.717) is 18.9 Å². The number of nitrogens with two attached hydrogens (primary N) is 1. The molecule has 5 heteroatoms. The van der Waals surface area contributed by atoms with E-state index in [0.717, 1.165) is 19.5 Å². The molecule has 2 rings (SSSR count). The lowest BCUT2D eigenvalue weighted by Gasteiger charge is -2.36. The first kappa shape index (κ1) is 14.2. The minimum atomic E-state index is -2.76. The molecule has 0 amide bonds.